The van der Waals surface area contributed by atoms with Crippen molar-refractivity contribution in [3.8, 4) is 11.3 Å². The van der Waals surface area contributed by atoms with Crippen LogP contribution >= 0.6 is 0 Å². The van der Waals surface area contributed by atoms with E-state index in [1.807, 2.05) is 35.4 Å². The van der Waals surface area contributed by atoms with Crippen LogP contribution in [0.2, 0.25) is 0 Å². The van der Waals surface area contributed by atoms with E-state index < -0.39 is 0 Å². The Morgan fingerprint density at radius 1 is 1.10 bits per heavy atom. The molecule has 1 aliphatic carbocycles. The first-order valence-corrected chi connectivity index (χ1v) is 10.5. The van der Waals surface area contributed by atoms with Crippen molar-refractivity contribution in [3.05, 3.63) is 54.5 Å². The van der Waals surface area contributed by atoms with E-state index in [1.54, 1.807) is 18.5 Å². The Morgan fingerprint density at radius 2 is 1.97 bits per heavy atom. The number of piperazine rings is 1. The Balaban J connectivity index is 1.20. The fourth-order valence-electron chi connectivity index (χ4n) is 3.87. The van der Waals surface area contributed by atoms with E-state index in [0.717, 1.165) is 36.0 Å². The molecule has 0 bridgehead atoms. The van der Waals surface area contributed by atoms with Crippen LogP contribution in [0.1, 0.15) is 29.6 Å². The topological polar surface area (TPSA) is 90.0 Å². The molecule has 4 heterocycles. The van der Waals surface area contributed by atoms with Crippen LogP contribution in [0, 0.1) is 0 Å². The van der Waals surface area contributed by atoms with Gasteiger partial charge in [-0.2, -0.15) is 5.10 Å². The normalized spacial score (nSPS) is 16.9. The van der Waals surface area contributed by atoms with Crippen LogP contribution in [0.3, 0.4) is 0 Å². The largest absolute Gasteiger partial charge is 0.367 e. The molecule has 2 fully saturated rings. The van der Waals surface area contributed by atoms with Crippen LogP contribution in [0.15, 0.2) is 48.9 Å². The highest BCUT2D eigenvalue weighted by Crippen LogP contribution is 2.24. The van der Waals surface area contributed by atoms with E-state index in [4.69, 9.17) is 0 Å². The maximum absolute atomic E-state index is 13.0. The number of aromatic amines is 1. The molecule has 0 unspecified atom stereocenters. The van der Waals surface area contributed by atoms with Gasteiger partial charge in [0, 0.05) is 68.0 Å². The van der Waals surface area contributed by atoms with Crippen LogP contribution in [-0.4, -0.2) is 63.2 Å². The summed E-state index contributed by atoms with van der Waals surface area (Å²) in [5, 5.41) is 10.9. The zero-order chi connectivity index (χ0) is 20.3. The van der Waals surface area contributed by atoms with E-state index in [9.17, 15) is 4.79 Å². The SMILES string of the molecule is O=C(c1ccnc(NC2CCC2)c1)N1CCN(c2cc(-c3cccnc3)[nH]n2)CC1. The Kier molecular flexibility index (Phi) is 5.04. The van der Waals surface area contributed by atoms with Gasteiger partial charge in [0.05, 0.1) is 5.69 Å². The highest BCUT2D eigenvalue weighted by atomic mass is 16.2. The Morgan fingerprint density at radius 3 is 2.70 bits per heavy atom. The lowest BCUT2D eigenvalue weighted by atomic mass is 9.93. The molecule has 1 saturated carbocycles. The van der Waals surface area contributed by atoms with E-state index in [-0.39, 0.29) is 5.91 Å². The summed E-state index contributed by atoms with van der Waals surface area (Å²) in [6, 6.07) is 10.1. The van der Waals surface area contributed by atoms with E-state index >= 15 is 0 Å². The van der Waals surface area contributed by atoms with Gasteiger partial charge in [-0.25, -0.2) is 4.98 Å². The summed E-state index contributed by atoms with van der Waals surface area (Å²) >= 11 is 0. The number of rotatable bonds is 5. The molecule has 2 aliphatic rings. The van der Waals surface area contributed by atoms with Gasteiger partial charge in [0.1, 0.15) is 5.82 Å². The third-order valence-electron chi connectivity index (χ3n) is 5.89. The minimum Gasteiger partial charge on any atom is -0.367 e. The molecule has 1 saturated heterocycles. The third kappa shape index (κ3) is 3.85. The Hall–Kier alpha value is -3.42. The van der Waals surface area contributed by atoms with Crippen LogP contribution in [0.5, 0.6) is 0 Å². The van der Waals surface area contributed by atoms with Crippen molar-refractivity contribution >= 4 is 17.5 Å². The number of anilines is 2. The molecule has 0 atom stereocenters. The standard InChI is InChI=1S/C22H25N7O/c30-22(16-6-8-24-20(13-16)25-18-4-1-5-18)29-11-9-28(10-12-29)21-14-19(26-27-21)17-3-2-7-23-15-17/h2-3,6-8,13-15,18H,1,4-5,9-12H2,(H,24,25)(H,26,27). The van der Waals surface area contributed by atoms with Crippen molar-refractivity contribution in [3.63, 3.8) is 0 Å². The number of nitrogens with zero attached hydrogens (tertiary/aromatic N) is 5. The monoisotopic (exact) mass is 403 g/mol. The van der Waals surface area contributed by atoms with Crippen LogP contribution in [0.4, 0.5) is 11.6 Å². The van der Waals surface area contributed by atoms with Gasteiger partial charge in [-0.1, -0.05) is 0 Å². The number of amides is 1. The summed E-state index contributed by atoms with van der Waals surface area (Å²) in [5.74, 6) is 1.76. The fourth-order valence-corrected chi connectivity index (χ4v) is 3.87. The molecule has 1 aliphatic heterocycles. The molecule has 30 heavy (non-hydrogen) atoms. The first-order chi connectivity index (χ1) is 14.8. The van der Waals surface area contributed by atoms with Crippen molar-refractivity contribution in [2.75, 3.05) is 36.4 Å². The van der Waals surface area contributed by atoms with Gasteiger partial charge in [0.25, 0.3) is 5.91 Å². The van der Waals surface area contributed by atoms with Crippen molar-refractivity contribution in [2.24, 2.45) is 0 Å². The summed E-state index contributed by atoms with van der Waals surface area (Å²) in [6.07, 6.45) is 8.91. The molecule has 1 amide bonds. The minimum atomic E-state index is 0.0618. The zero-order valence-corrected chi connectivity index (χ0v) is 16.8. The third-order valence-corrected chi connectivity index (χ3v) is 5.89. The number of H-pyrrole nitrogens is 1. The zero-order valence-electron chi connectivity index (χ0n) is 16.8. The maximum atomic E-state index is 13.0. The molecular formula is C22H25N7O. The number of pyridine rings is 2. The number of aromatic nitrogens is 4. The molecule has 8 nitrogen and oxygen atoms in total. The highest BCUT2D eigenvalue weighted by molar-refractivity contribution is 5.95. The summed E-state index contributed by atoms with van der Waals surface area (Å²) in [7, 11) is 0. The van der Waals surface area contributed by atoms with E-state index in [0.29, 0.717) is 24.7 Å². The predicted octanol–water partition coefficient (Wildman–Crippen LogP) is 2.79. The number of nitrogens with one attached hydrogen (secondary N) is 2. The van der Waals surface area contributed by atoms with Gasteiger partial charge in [-0.05, 0) is 43.5 Å². The van der Waals surface area contributed by atoms with Crippen LogP contribution < -0.4 is 10.2 Å². The van der Waals surface area contributed by atoms with Gasteiger partial charge >= 0.3 is 0 Å². The van der Waals surface area contributed by atoms with E-state index in [2.05, 4.69) is 30.4 Å². The molecule has 3 aromatic heterocycles. The molecule has 8 heteroatoms. The second-order valence-corrected chi connectivity index (χ2v) is 7.86. The van der Waals surface area contributed by atoms with Crippen molar-refractivity contribution in [1.29, 1.82) is 0 Å². The van der Waals surface area contributed by atoms with Crippen molar-refractivity contribution in [1.82, 2.24) is 25.1 Å². The summed E-state index contributed by atoms with van der Waals surface area (Å²) < 4.78 is 0. The van der Waals surface area contributed by atoms with Gasteiger partial charge in [0.2, 0.25) is 0 Å². The highest BCUT2D eigenvalue weighted by Gasteiger charge is 2.24. The molecule has 5 rings (SSSR count). The van der Waals surface area contributed by atoms with E-state index in [1.165, 1.54) is 19.3 Å². The average molecular weight is 403 g/mol. The fraction of sp³-hybridized carbons (Fsp3) is 0.364. The summed E-state index contributed by atoms with van der Waals surface area (Å²) in [4.78, 5) is 25.6. The molecular weight excluding hydrogens is 378 g/mol. The van der Waals surface area contributed by atoms with Gasteiger partial charge in [-0.15, -0.1) is 0 Å². The van der Waals surface area contributed by atoms with Gasteiger partial charge in [0.15, 0.2) is 5.82 Å². The molecule has 154 valence electrons. The first-order valence-electron chi connectivity index (χ1n) is 10.5. The Bertz CT molecular complexity index is 1010. The quantitative estimate of drug-likeness (QED) is 0.681. The average Bonchev–Trinajstić information content (AvgIpc) is 3.27. The predicted molar refractivity (Wildman–Crippen MR) is 115 cm³/mol. The number of carbonyl (C=O) groups is 1. The lowest BCUT2D eigenvalue weighted by Gasteiger charge is -2.35. The summed E-state index contributed by atoms with van der Waals surface area (Å²) in [6.45, 7) is 2.84. The van der Waals surface area contributed by atoms with Gasteiger partial charge < -0.3 is 15.1 Å². The van der Waals surface area contributed by atoms with Crippen LogP contribution in [0.25, 0.3) is 11.3 Å². The number of hydrogen-bond acceptors (Lipinski definition) is 6. The Labute approximate surface area is 175 Å². The number of carbonyl (C=O) groups excluding carboxylic acids is 1. The van der Waals surface area contributed by atoms with Crippen molar-refractivity contribution < 1.29 is 4.79 Å². The molecule has 0 spiro atoms. The lowest BCUT2D eigenvalue weighted by molar-refractivity contribution is 0.0746. The molecule has 2 N–H and O–H groups in total. The van der Waals surface area contributed by atoms with Crippen molar-refractivity contribution in [2.45, 2.75) is 25.3 Å². The molecule has 0 radical (unpaired) electrons. The second kappa shape index (κ2) is 8.14. The minimum absolute atomic E-state index is 0.0618. The maximum Gasteiger partial charge on any atom is 0.254 e. The molecule has 0 aromatic carbocycles. The second-order valence-electron chi connectivity index (χ2n) is 7.86. The smallest absolute Gasteiger partial charge is 0.254 e. The van der Waals surface area contributed by atoms with Gasteiger partial charge in [-0.3, -0.25) is 14.9 Å². The molecule has 3 aromatic rings. The lowest BCUT2D eigenvalue weighted by Crippen LogP contribution is -2.49. The first kappa shape index (κ1) is 18.6. The number of hydrogen-bond donors (Lipinski definition) is 2. The van der Waals surface area contributed by atoms with Crippen LogP contribution in [-0.2, 0) is 0 Å². The summed E-state index contributed by atoms with van der Waals surface area (Å²) in [5.41, 5.74) is 2.65.